The summed E-state index contributed by atoms with van der Waals surface area (Å²) >= 11 is 0. The van der Waals surface area contributed by atoms with Crippen molar-refractivity contribution in [3.63, 3.8) is 0 Å². The van der Waals surface area contributed by atoms with Gasteiger partial charge >= 0.3 is 6.18 Å². The summed E-state index contributed by atoms with van der Waals surface area (Å²) < 4.78 is 39.2. The predicted molar refractivity (Wildman–Crippen MR) is 68.1 cm³/mol. The van der Waals surface area contributed by atoms with Crippen LogP contribution in [0.2, 0.25) is 0 Å². The number of aliphatic hydroxyl groups excluding tert-OH is 1. The van der Waals surface area contributed by atoms with Gasteiger partial charge in [0.2, 0.25) is 0 Å². The van der Waals surface area contributed by atoms with E-state index in [1.807, 2.05) is 18.5 Å². The molecule has 0 unspecified atom stereocenters. The highest BCUT2D eigenvalue weighted by Crippen LogP contribution is 2.29. The predicted octanol–water partition coefficient (Wildman–Crippen LogP) is 2.83. The summed E-state index contributed by atoms with van der Waals surface area (Å²) in [6.07, 6.45) is -3.89. The summed E-state index contributed by atoms with van der Waals surface area (Å²) in [4.78, 5) is 4.29. The average molecular weight is 284 g/mol. The van der Waals surface area contributed by atoms with Crippen molar-refractivity contribution in [3.05, 3.63) is 52.6 Å². The SMILES string of the molecule is Cc1c(CO)nc(Cc2ccc(C(F)(F)F)cc2)n1C. The molecule has 6 heteroatoms. The molecule has 0 amide bonds. The summed E-state index contributed by atoms with van der Waals surface area (Å²) in [5.74, 6) is 0.714. The summed E-state index contributed by atoms with van der Waals surface area (Å²) in [5, 5.41) is 9.15. The zero-order valence-corrected chi connectivity index (χ0v) is 11.2. The van der Waals surface area contributed by atoms with Crippen molar-refractivity contribution in [1.82, 2.24) is 9.55 Å². The number of rotatable bonds is 3. The van der Waals surface area contributed by atoms with Crippen molar-refractivity contribution < 1.29 is 18.3 Å². The molecule has 1 heterocycles. The van der Waals surface area contributed by atoms with E-state index in [1.54, 1.807) is 0 Å². The quantitative estimate of drug-likeness (QED) is 0.941. The molecule has 0 atom stereocenters. The molecule has 2 aromatic rings. The Hall–Kier alpha value is -1.82. The van der Waals surface area contributed by atoms with Gasteiger partial charge in [0, 0.05) is 19.2 Å². The van der Waals surface area contributed by atoms with E-state index in [0.717, 1.165) is 23.4 Å². The van der Waals surface area contributed by atoms with Crippen molar-refractivity contribution in [2.45, 2.75) is 26.1 Å². The lowest BCUT2D eigenvalue weighted by Gasteiger charge is -2.08. The molecule has 0 aliphatic rings. The molecule has 1 aromatic heterocycles. The van der Waals surface area contributed by atoms with Gasteiger partial charge in [0.15, 0.2) is 0 Å². The highest BCUT2D eigenvalue weighted by atomic mass is 19.4. The van der Waals surface area contributed by atoms with Gasteiger partial charge in [0.05, 0.1) is 17.9 Å². The molecule has 0 saturated heterocycles. The highest BCUT2D eigenvalue weighted by Gasteiger charge is 2.29. The van der Waals surface area contributed by atoms with Gasteiger partial charge in [-0.3, -0.25) is 0 Å². The van der Waals surface area contributed by atoms with E-state index in [4.69, 9.17) is 5.11 Å². The number of aromatic nitrogens is 2. The molecule has 0 spiro atoms. The van der Waals surface area contributed by atoms with E-state index >= 15 is 0 Å². The first-order valence-corrected chi connectivity index (χ1v) is 6.11. The Labute approximate surface area is 114 Å². The Kier molecular flexibility index (Phi) is 3.85. The summed E-state index contributed by atoms with van der Waals surface area (Å²) in [6.45, 7) is 1.70. The van der Waals surface area contributed by atoms with Crippen LogP contribution in [0.25, 0.3) is 0 Å². The van der Waals surface area contributed by atoms with Crippen molar-refractivity contribution in [2.75, 3.05) is 0 Å². The molecule has 3 nitrogen and oxygen atoms in total. The van der Waals surface area contributed by atoms with Crippen molar-refractivity contribution in [3.8, 4) is 0 Å². The minimum absolute atomic E-state index is 0.146. The Morgan fingerprint density at radius 2 is 1.80 bits per heavy atom. The molecule has 108 valence electrons. The van der Waals surface area contributed by atoms with Crippen LogP contribution in [0.4, 0.5) is 13.2 Å². The fraction of sp³-hybridized carbons (Fsp3) is 0.357. The Morgan fingerprint density at radius 3 is 2.25 bits per heavy atom. The van der Waals surface area contributed by atoms with E-state index in [9.17, 15) is 13.2 Å². The van der Waals surface area contributed by atoms with Crippen LogP contribution in [-0.2, 0) is 26.3 Å². The minimum Gasteiger partial charge on any atom is -0.390 e. The van der Waals surface area contributed by atoms with Crippen LogP contribution < -0.4 is 0 Å². The fourth-order valence-electron chi connectivity index (χ4n) is 2.00. The fourth-order valence-corrected chi connectivity index (χ4v) is 2.00. The van der Waals surface area contributed by atoms with Gasteiger partial charge < -0.3 is 9.67 Å². The second kappa shape index (κ2) is 5.28. The highest BCUT2D eigenvalue weighted by molar-refractivity contribution is 5.28. The lowest BCUT2D eigenvalue weighted by Crippen LogP contribution is -2.05. The number of aliphatic hydroxyl groups is 1. The molecule has 0 aliphatic heterocycles. The van der Waals surface area contributed by atoms with Gasteiger partial charge in [0.1, 0.15) is 5.82 Å². The number of imidazole rings is 1. The van der Waals surface area contributed by atoms with E-state index in [1.165, 1.54) is 12.1 Å². The van der Waals surface area contributed by atoms with Gasteiger partial charge in [-0.15, -0.1) is 0 Å². The standard InChI is InChI=1S/C14H15F3N2O/c1-9-12(8-20)18-13(19(9)2)7-10-3-5-11(6-4-10)14(15,16)17/h3-6,20H,7-8H2,1-2H3. The Balaban J connectivity index is 2.23. The molecule has 0 fully saturated rings. The Morgan fingerprint density at radius 1 is 1.20 bits per heavy atom. The summed E-state index contributed by atoms with van der Waals surface area (Å²) in [5.41, 5.74) is 1.53. The number of hydrogen-bond acceptors (Lipinski definition) is 2. The molecular formula is C14H15F3N2O. The van der Waals surface area contributed by atoms with Crippen molar-refractivity contribution in [1.29, 1.82) is 0 Å². The molecule has 0 saturated carbocycles. The first-order chi connectivity index (χ1) is 9.32. The normalized spacial score (nSPS) is 11.9. The second-order valence-corrected chi connectivity index (χ2v) is 4.65. The topological polar surface area (TPSA) is 38.1 Å². The lowest BCUT2D eigenvalue weighted by molar-refractivity contribution is -0.137. The van der Waals surface area contributed by atoms with Gasteiger partial charge in [-0.25, -0.2) is 4.98 Å². The molecule has 2 rings (SSSR count). The number of halogens is 3. The summed E-state index contributed by atoms with van der Waals surface area (Å²) in [7, 11) is 1.82. The maximum Gasteiger partial charge on any atom is 0.416 e. The van der Waals surface area contributed by atoms with E-state index in [-0.39, 0.29) is 6.61 Å². The third-order valence-corrected chi connectivity index (χ3v) is 3.37. The lowest BCUT2D eigenvalue weighted by atomic mass is 10.1. The number of alkyl halides is 3. The maximum atomic E-state index is 12.5. The molecule has 0 bridgehead atoms. The zero-order valence-electron chi connectivity index (χ0n) is 11.2. The van der Waals surface area contributed by atoms with Gasteiger partial charge in [0.25, 0.3) is 0 Å². The van der Waals surface area contributed by atoms with Crippen LogP contribution in [0, 0.1) is 6.92 Å². The maximum absolute atomic E-state index is 12.5. The van der Waals surface area contributed by atoms with Crippen LogP contribution >= 0.6 is 0 Å². The van der Waals surface area contributed by atoms with E-state index in [0.29, 0.717) is 17.9 Å². The molecule has 1 aromatic carbocycles. The summed E-state index contributed by atoms with van der Waals surface area (Å²) in [6, 6.07) is 5.03. The second-order valence-electron chi connectivity index (χ2n) is 4.65. The van der Waals surface area contributed by atoms with Crippen LogP contribution in [0.3, 0.4) is 0 Å². The number of benzene rings is 1. The monoisotopic (exact) mass is 284 g/mol. The van der Waals surface area contributed by atoms with Crippen LogP contribution in [0.15, 0.2) is 24.3 Å². The minimum atomic E-state index is -4.32. The molecule has 0 radical (unpaired) electrons. The first-order valence-electron chi connectivity index (χ1n) is 6.11. The van der Waals surface area contributed by atoms with Crippen LogP contribution in [-0.4, -0.2) is 14.7 Å². The Bertz CT molecular complexity index is 600. The molecular weight excluding hydrogens is 269 g/mol. The molecule has 0 aliphatic carbocycles. The van der Waals surface area contributed by atoms with Gasteiger partial charge in [-0.1, -0.05) is 12.1 Å². The smallest absolute Gasteiger partial charge is 0.390 e. The third-order valence-electron chi connectivity index (χ3n) is 3.37. The molecule has 1 N–H and O–H groups in total. The number of nitrogens with zero attached hydrogens (tertiary/aromatic N) is 2. The van der Waals surface area contributed by atoms with E-state index < -0.39 is 11.7 Å². The van der Waals surface area contributed by atoms with Crippen molar-refractivity contribution in [2.24, 2.45) is 7.05 Å². The van der Waals surface area contributed by atoms with Crippen molar-refractivity contribution >= 4 is 0 Å². The van der Waals surface area contributed by atoms with Crippen LogP contribution in [0.5, 0.6) is 0 Å². The third kappa shape index (κ3) is 2.85. The number of hydrogen-bond donors (Lipinski definition) is 1. The molecule has 20 heavy (non-hydrogen) atoms. The van der Waals surface area contributed by atoms with Gasteiger partial charge in [-0.05, 0) is 24.6 Å². The average Bonchev–Trinajstić information content (AvgIpc) is 2.66. The zero-order chi connectivity index (χ0) is 14.9. The van der Waals surface area contributed by atoms with Gasteiger partial charge in [-0.2, -0.15) is 13.2 Å². The van der Waals surface area contributed by atoms with Crippen LogP contribution in [0.1, 0.15) is 28.3 Å². The van der Waals surface area contributed by atoms with E-state index in [2.05, 4.69) is 4.98 Å². The largest absolute Gasteiger partial charge is 0.416 e. The first kappa shape index (κ1) is 14.6.